The summed E-state index contributed by atoms with van der Waals surface area (Å²) in [5.74, 6) is 0.899. The molecule has 0 aliphatic carbocycles. The molecule has 0 spiro atoms. The van der Waals surface area contributed by atoms with E-state index in [1.807, 2.05) is 19.1 Å². The van der Waals surface area contributed by atoms with Gasteiger partial charge in [0.1, 0.15) is 5.82 Å². The van der Waals surface area contributed by atoms with Crippen molar-refractivity contribution >= 4 is 17.6 Å². The van der Waals surface area contributed by atoms with Crippen LogP contribution in [0.3, 0.4) is 0 Å². The summed E-state index contributed by atoms with van der Waals surface area (Å²) in [5.41, 5.74) is 7.27. The minimum Gasteiger partial charge on any atom is -0.453 e. The van der Waals surface area contributed by atoms with Crippen LogP contribution < -0.4 is 16.0 Å². The zero-order valence-electron chi connectivity index (χ0n) is 10.6. The third kappa shape index (κ3) is 2.64. The summed E-state index contributed by atoms with van der Waals surface area (Å²) in [4.78, 5) is 17.7. The van der Waals surface area contributed by atoms with E-state index in [1.165, 1.54) is 7.11 Å². The zero-order valence-corrected chi connectivity index (χ0v) is 10.6. The van der Waals surface area contributed by atoms with Gasteiger partial charge in [-0.15, -0.1) is 0 Å². The lowest BCUT2D eigenvalue weighted by Gasteiger charge is -2.18. The maximum atomic E-state index is 11.1. The first-order valence-electron chi connectivity index (χ1n) is 5.92. The van der Waals surface area contributed by atoms with Crippen molar-refractivity contribution in [3.63, 3.8) is 0 Å². The molecule has 0 bridgehead atoms. The molecule has 1 amide bonds. The monoisotopic (exact) mass is 250 g/mol. The van der Waals surface area contributed by atoms with Crippen LogP contribution in [0.4, 0.5) is 16.3 Å². The summed E-state index contributed by atoms with van der Waals surface area (Å²) in [6.45, 7) is 3.50. The summed E-state index contributed by atoms with van der Waals surface area (Å²) in [6.07, 6.45) is 0.503. The van der Waals surface area contributed by atoms with Crippen LogP contribution in [0.25, 0.3) is 0 Å². The van der Waals surface area contributed by atoms with E-state index in [9.17, 15) is 4.79 Å². The predicted octanol–water partition coefficient (Wildman–Crippen LogP) is 0.907. The van der Waals surface area contributed by atoms with Crippen molar-refractivity contribution in [1.82, 2.24) is 10.3 Å². The lowest BCUT2D eigenvalue weighted by Crippen LogP contribution is -2.37. The quantitative estimate of drug-likeness (QED) is 0.815. The molecule has 1 aromatic heterocycles. The molecule has 0 radical (unpaired) electrons. The van der Waals surface area contributed by atoms with Gasteiger partial charge < -0.3 is 20.7 Å². The van der Waals surface area contributed by atoms with Gasteiger partial charge in [0.2, 0.25) is 0 Å². The molecule has 18 heavy (non-hydrogen) atoms. The normalized spacial score (nSPS) is 18.8. The number of nitrogens with two attached hydrogens (primary N) is 1. The topological polar surface area (TPSA) is 80.5 Å². The molecule has 2 rings (SSSR count). The van der Waals surface area contributed by atoms with Gasteiger partial charge in [-0.25, -0.2) is 9.78 Å². The number of aromatic nitrogens is 1. The van der Waals surface area contributed by atoms with Crippen molar-refractivity contribution in [1.29, 1.82) is 0 Å². The molecule has 1 unspecified atom stereocenters. The number of rotatable bonds is 2. The molecule has 0 saturated carbocycles. The van der Waals surface area contributed by atoms with Crippen molar-refractivity contribution < 1.29 is 9.53 Å². The van der Waals surface area contributed by atoms with E-state index < -0.39 is 0 Å². The molecule has 6 heteroatoms. The molecule has 1 saturated heterocycles. The number of hydrogen-bond donors (Lipinski definition) is 2. The Kier molecular flexibility index (Phi) is 3.55. The van der Waals surface area contributed by atoms with E-state index in [0.717, 1.165) is 31.0 Å². The molecular weight excluding hydrogens is 232 g/mol. The number of pyridine rings is 1. The number of amides is 1. The van der Waals surface area contributed by atoms with Gasteiger partial charge in [0.25, 0.3) is 0 Å². The highest BCUT2D eigenvalue weighted by molar-refractivity contribution is 5.67. The molecule has 1 aliphatic rings. The van der Waals surface area contributed by atoms with Crippen LogP contribution in [0.15, 0.2) is 12.1 Å². The summed E-state index contributed by atoms with van der Waals surface area (Å²) >= 11 is 0. The smallest absolute Gasteiger partial charge is 0.407 e. The highest BCUT2D eigenvalue weighted by Crippen LogP contribution is 2.20. The standard InChI is InChI=1S/C12H18N4O2/c1-8-10(13)3-4-11(14-8)16-6-5-9(7-16)15-12(17)18-2/h3-4,9H,5-7,13H2,1-2H3,(H,15,17). The minimum absolute atomic E-state index is 0.108. The minimum atomic E-state index is -0.386. The third-order valence-corrected chi connectivity index (χ3v) is 3.13. The molecule has 1 fully saturated rings. The molecule has 1 aliphatic heterocycles. The summed E-state index contributed by atoms with van der Waals surface area (Å²) < 4.78 is 4.59. The molecule has 1 aromatic rings. The average molecular weight is 250 g/mol. The molecule has 98 valence electrons. The number of anilines is 2. The van der Waals surface area contributed by atoms with Crippen molar-refractivity contribution in [3.8, 4) is 0 Å². The fourth-order valence-corrected chi connectivity index (χ4v) is 2.05. The maximum absolute atomic E-state index is 11.1. The second-order valence-corrected chi connectivity index (χ2v) is 4.41. The number of nitrogens with zero attached hydrogens (tertiary/aromatic N) is 2. The van der Waals surface area contributed by atoms with Crippen LogP contribution in [-0.2, 0) is 4.74 Å². The molecular formula is C12H18N4O2. The third-order valence-electron chi connectivity index (χ3n) is 3.13. The first kappa shape index (κ1) is 12.5. The van der Waals surface area contributed by atoms with E-state index in [-0.39, 0.29) is 12.1 Å². The van der Waals surface area contributed by atoms with Crippen LogP contribution >= 0.6 is 0 Å². The fraction of sp³-hybridized carbons (Fsp3) is 0.500. The Bertz CT molecular complexity index is 450. The molecule has 6 nitrogen and oxygen atoms in total. The molecule has 2 heterocycles. The van der Waals surface area contributed by atoms with E-state index in [4.69, 9.17) is 5.73 Å². The van der Waals surface area contributed by atoms with Crippen molar-refractivity contribution in [2.24, 2.45) is 0 Å². The van der Waals surface area contributed by atoms with E-state index in [2.05, 4.69) is 19.9 Å². The number of nitrogen functional groups attached to an aromatic ring is 1. The van der Waals surface area contributed by atoms with Gasteiger partial charge in [-0.1, -0.05) is 0 Å². The second kappa shape index (κ2) is 5.12. The van der Waals surface area contributed by atoms with E-state index in [1.54, 1.807) is 0 Å². The summed E-state index contributed by atoms with van der Waals surface area (Å²) in [5, 5.41) is 2.80. The van der Waals surface area contributed by atoms with Gasteiger partial charge in [-0.2, -0.15) is 0 Å². The number of carbonyl (C=O) groups is 1. The number of carbonyl (C=O) groups excluding carboxylic acids is 1. The van der Waals surface area contributed by atoms with Crippen molar-refractivity contribution in [2.75, 3.05) is 30.8 Å². The number of aryl methyl sites for hydroxylation is 1. The highest BCUT2D eigenvalue weighted by Gasteiger charge is 2.25. The lowest BCUT2D eigenvalue weighted by atomic mass is 10.3. The second-order valence-electron chi connectivity index (χ2n) is 4.41. The first-order chi connectivity index (χ1) is 8.60. The Morgan fingerprint density at radius 2 is 2.39 bits per heavy atom. The van der Waals surface area contributed by atoms with Gasteiger partial charge in [0.15, 0.2) is 0 Å². The maximum Gasteiger partial charge on any atom is 0.407 e. The van der Waals surface area contributed by atoms with Gasteiger partial charge in [0, 0.05) is 13.1 Å². The van der Waals surface area contributed by atoms with E-state index >= 15 is 0 Å². The van der Waals surface area contributed by atoms with Gasteiger partial charge >= 0.3 is 6.09 Å². The Hall–Kier alpha value is -1.98. The van der Waals surface area contributed by atoms with Crippen LogP contribution in [0, 0.1) is 6.92 Å². The average Bonchev–Trinajstić information content (AvgIpc) is 2.81. The van der Waals surface area contributed by atoms with Gasteiger partial charge in [0.05, 0.1) is 24.5 Å². The Labute approximate surface area is 106 Å². The molecule has 3 N–H and O–H groups in total. The Balaban J connectivity index is 1.99. The van der Waals surface area contributed by atoms with Crippen LogP contribution in [0.2, 0.25) is 0 Å². The van der Waals surface area contributed by atoms with Crippen LogP contribution in [0.1, 0.15) is 12.1 Å². The van der Waals surface area contributed by atoms with E-state index in [0.29, 0.717) is 5.69 Å². The summed E-state index contributed by atoms with van der Waals surface area (Å²) in [7, 11) is 1.37. The largest absolute Gasteiger partial charge is 0.453 e. The van der Waals surface area contributed by atoms with Gasteiger partial charge in [-0.3, -0.25) is 0 Å². The fourth-order valence-electron chi connectivity index (χ4n) is 2.05. The Morgan fingerprint density at radius 1 is 1.61 bits per heavy atom. The van der Waals surface area contributed by atoms with Crippen molar-refractivity contribution in [2.45, 2.75) is 19.4 Å². The van der Waals surface area contributed by atoms with Crippen LogP contribution in [-0.4, -0.2) is 37.3 Å². The van der Waals surface area contributed by atoms with Crippen LogP contribution in [0.5, 0.6) is 0 Å². The SMILES string of the molecule is COC(=O)NC1CCN(c2ccc(N)c(C)n2)C1. The number of alkyl carbamates (subject to hydrolysis) is 1. The van der Waals surface area contributed by atoms with Crippen molar-refractivity contribution in [3.05, 3.63) is 17.8 Å². The summed E-state index contributed by atoms with van der Waals surface area (Å²) in [6, 6.07) is 3.87. The molecule has 1 atom stereocenters. The zero-order chi connectivity index (χ0) is 13.1. The molecule has 0 aromatic carbocycles. The Morgan fingerprint density at radius 3 is 3.06 bits per heavy atom. The number of nitrogens with one attached hydrogen (secondary N) is 1. The first-order valence-corrected chi connectivity index (χ1v) is 5.92. The highest BCUT2D eigenvalue weighted by atomic mass is 16.5. The predicted molar refractivity (Wildman–Crippen MR) is 69.5 cm³/mol. The number of ether oxygens (including phenoxy) is 1. The lowest BCUT2D eigenvalue weighted by molar-refractivity contribution is 0.167. The number of methoxy groups -OCH3 is 1. The number of hydrogen-bond acceptors (Lipinski definition) is 5. The van der Waals surface area contributed by atoms with Gasteiger partial charge in [-0.05, 0) is 25.5 Å².